The van der Waals surface area contributed by atoms with Crippen LogP contribution in [-0.4, -0.2) is 22.1 Å². The average Bonchev–Trinajstić information content (AvgIpc) is 2.71. The zero-order chi connectivity index (χ0) is 20.6. The van der Waals surface area contributed by atoms with Gasteiger partial charge in [-0.25, -0.2) is 4.98 Å². The highest BCUT2D eigenvalue weighted by Gasteiger charge is 2.14. The van der Waals surface area contributed by atoms with Gasteiger partial charge in [-0.3, -0.25) is 14.2 Å². The third kappa shape index (κ3) is 5.71. The summed E-state index contributed by atoms with van der Waals surface area (Å²) in [7, 11) is 0. The number of nitrogens with one attached hydrogen (secondary N) is 1. The molecule has 0 bridgehead atoms. The molecule has 1 aromatic heterocycles. The van der Waals surface area contributed by atoms with E-state index in [-0.39, 0.29) is 18.0 Å². The fourth-order valence-corrected chi connectivity index (χ4v) is 3.76. The minimum Gasteiger partial charge on any atom is -0.492 e. The van der Waals surface area contributed by atoms with Gasteiger partial charge in [0, 0.05) is 17.5 Å². The van der Waals surface area contributed by atoms with Gasteiger partial charge in [0.2, 0.25) is 5.91 Å². The largest absolute Gasteiger partial charge is 0.492 e. The number of carbonyl (C=O) groups excluding carboxylic acids is 1. The van der Waals surface area contributed by atoms with Crippen molar-refractivity contribution in [3.05, 3.63) is 82.3 Å². The molecule has 0 saturated heterocycles. The first kappa shape index (κ1) is 20.7. The molecule has 0 spiro atoms. The summed E-state index contributed by atoms with van der Waals surface area (Å²) in [4.78, 5) is 29.7. The predicted octanol–water partition coefficient (Wildman–Crippen LogP) is 3.88. The Morgan fingerprint density at radius 3 is 2.62 bits per heavy atom. The van der Waals surface area contributed by atoms with Gasteiger partial charge in [-0.1, -0.05) is 54.2 Å². The van der Waals surface area contributed by atoms with Crippen molar-refractivity contribution in [1.29, 1.82) is 0 Å². The number of ether oxygens (including phenoxy) is 1. The van der Waals surface area contributed by atoms with E-state index < -0.39 is 0 Å². The number of rotatable bonds is 8. The molecule has 0 aliphatic heterocycles. The second-order valence-electron chi connectivity index (χ2n) is 6.36. The highest BCUT2D eigenvalue weighted by atomic mass is 32.2. The third-order valence-electron chi connectivity index (χ3n) is 4.07. The van der Waals surface area contributed by atoms with Gasteiger partial charge in [-0.05, 0) is 31.5 Å². The van der Waals surface area contributed by atoms with E-state index in [1.807, 2.05) is 49.4 Å². The second-order valence-corrected chi connectivity index (χ2v) is 7.30. The van der Waals surface area contributed by atoms with Gasteiger partial charge in [0.1, 0.15) is 12.3 Å². The Morgan fingerprint density at radius 1 is 1.14 bits per heavy atom. The molecule has 0 aliphatic carbocycles. The number of hydrogen-bond donors (Lipinski definition) is 1. The van der Waals surface area contributed by atoms with E-state index >= 15 is 0 Å². The summed E-state index contributed by atoms with van der Waals surface area (Å²) >= 11 is 1.44. The first-order valence-corrected chi connectivity index (χ1v) is 10.3. The number of benzene rings is 2. The number of anilines is 1. The van der Waals surface area contributed by atoms with E-state index in [1.54, 1.807) is 19.1 Å². The first-order chi connectivity index (χ1) is 14.1. The number of aromatic nitrogens is 2. The number of nitrogens with zero attached hydrogens (tertiary/aromatic N) is 2. The second kappa shape index (κ2) is 9.93. The van der Waals surface area contributed by atoms with Crippen molar-refractivity contribution in [2.75, 3.05) is 11.9 Å². The third-order valence-corrected chi connectivity index (χ3v) is 5.12. The Bertz CT molecular complexity index is 1030. The van der Waals surface area contributed by atoms with Crippen LogP contribution >= 0.6 is 11.8 Å². The van der Waals surface area contributed by atoms with Crippen LogP contribution in [0.15, 0.2) is 70.6 Å². The minimum atomic E-state index is -0.313. The Kier molecular flexibility index (Phi) is 7.08. The Hall–Kier alpha value is -3.06. The van der Waals surface area contributed by atoms with Crippen molar-refractivity contribution >= 4 is 23.4 Å². The van der Waals surface area contributed by atoms with Crippen molar-refractivity contribution in [3.8, 4) is 5.75 Å². The SMILES string of the molecule is CCOc1ccccc1NC(=O)Cn1c(SCc2ccccc2)nc(C)cc1=O. The quantitative estimate of drug-likeness (QED) is 0.451. The zero-order valence-electron chi connectivity index (χ0n) is 16.4. The van der Waals surface area contributed by atoms with Crippen LogP contribution in [0, 0.1) is 6.92 Å². The van der Waals surface area contributed by atoms with Crippen LogP contribution in [0.25, 0.3) is 0 Å². The molecule has 7 heteroatoms. The topological polar surface area (TPSA) is 73.2 Å². The van der Waals surface area contributed by atoms with E-state index in [0.29, 0.717) is 34.6 Å². The lowest BCUT2D eigenvalue weighted by molar-refractivity contribution is -0.116. The summed E-state index contributed by atoms with van der Waals surface area (Å²) in [5, 5.41) is 3.35. The van der Waals surface area contributed by atoms with Crippen molar-refractivity contribution < 1.29 is 9.53 Å². The molecule has 0 atom stereocenters. The summed E-state index contributed by atoms with van der Waals surface area (Å²) in [5.74, 6) is 0.939. The fraction of sp³-hybridized carbons (Fsp3) is 0.227. The first-order valence-electron chi connectivity index (χ1n) is 9.33. The lowest BCUT2D eigenvalue weighted by atomic mass is 10.2. The molecule has 3 aromatic rings. The van der Waals surface area contributed by atoms with E-state index in [1.165, 1.54) is 22.4 Å². The lowest BCUT2D eigenvalue weighted by Gasteiger charge is -2.14. The number of amides is 1. The average molecular weight is 410 g/mol. The van der Waals surface area contributed by atoms with Crippen LogP contribution in [0.2, 0.25) is 0 Å². The molecule has 1 N–H and O–H groups in total. The number of thioether (sulfide) groups is 1. The summed E-state index contributed by atoms with van der Waals surface area (Å²) < 4.78 is 6.94. The highest BCUT2D eigenvalue weighted by molar-refractivity contribution is 7.98. The molecule has 1 heterocycles. The molecule has 2 aromatic carbocycles. The maximum Gasteiger partial charge on any atom is 0.254 e. The molecule has 3 rings (SSSR count). The number of hydrogen-bond acceptors (Lipinski definition) is 5. The van der Waals surface area contributed by atoms with Gasteiger partial charge in [0.15, 0.2) is 5.16 Å². The van der Waals surface area contributed by atoms with E-state index in [9.17, 15) is 9.59 Å². The zero-order valence-corrected chi connectivity index (χ0v) is 17.2. The van der Waals surface area contributed by atoms with Crippen LogP contribution in [0.3, 0.4) is 0 Å². The van der Waals surface area contributed by atoms with Gasteiger partial charge >= 0.3 is 0 Å². The van der Waals surface area contributed by atoms with Gasteiger partial charge in [0.25, 0.3) is 5.56 Å². The van der Waals surface area contributed by atoms with E-state index in [2.05, 4.69) is 10.3 Å². The molecule has 0 radical (unpaired) electrons. The minimum absolute atomic E-state index is 0.121. The molecular weight excluding hydrogens is 386 g/mol. The smallest absolute Gasteiger partial charge is 0.254 e. The standard InChI is InChI=1S/C22H23N3O3S/c1-3-28-19-12-8-7-11-18(19)24-20(26)14-25-21(27)13-16(2)23-22(25)29-15-17-9-5-4-6-10-17/h4-13H,3,14-15H2,1-2H3,(H,24,26). The molecule has 6 nitrogen and oxygen atoms in total. The Morgan fingerprint density at radius 2 is 1.86 bits per heavy atom. The van der Waals surface area contributed by atoms with E-state index in [4.69, 9.17) is 4.74 Å². The predicted molar refractivity (Wildman–Crippen MR) is 115 cm³/mol. The van der Waals surface area contributed by atoms with Crippen LogP contribution < -0.4 is 15.6 Å². The maximum atomic E-state index is 12.6. The van der Waals surface area contributed by atoms with Crippen LogP contribution in [-0.2, 0) is 17.1 Å². The van der Waals surface area contributed by atoms with Crippen LogP contribution in [0.4, 0.5) is 5.69 Å². The normalized spacial score (nSPS) is 10.6. The fourth-order valence-electron chi connectivity index (χ4n) is 2.76. The summed E-state index contributed by atoms with van der Waals surface area (Å²) in [6.45, 7) is 4.03. The summed E-state index contributed by atoms with van der Waals surface area (Å²) in [5.41, 5.74) is 2.08. The number of aryl methyl sites for hydroxylation is 1. The van der Waals surface area contributed by atoms with Crippen molar-refractivity contribution in [3.63, 3.8) is 0 Å². The maximum absolute atomic E-state index is 12.6. The van der Waals surface area contributed by atoms with Crippen LogP contribution in [0.5, 0.6) is 5.75 Å². The van der Waals surface area contributed by atoms with Crippen molar-refractivity contribution in [2.24, 2.45) is 0 Å². The van der Waals surface area contributed by atoms with Crippen molar-refractivity contribution in [2.45, 2.75) is 31.3 Å². The van der Waals surface area contributed by atoms with Gasteiger partial charge in [-0.15, -0.1) is 0 Å². The summed E-state index contributed by atoms with van der Waals surface area (Å²) in [6.07, 6.45) is 0. The Balaban J connectivity index is 1.77. The molecule has 0 fully saturated rings. The lowest BCUT2D eigenvalue weighted by Crippen LogP contribution is -2.29. The molecule has 0 saturated carbocycles. The van der Waals surface area contributed by atoms with Gasteiger partial charge in [-0.2, -0.15) is 0 Å². The Labute approximate surface area is 173 Å². The van der Waals surface area contributed by atoms with Gasteiger partial charge in [0.05, 0.1) is 12.3 Å². The van der Waals surface area contributed by atoms with Gasteiger partial charge < -0.3 is 10.1 Å². The molecule has 150 valence electrons. The molecular formula is C22H23N3O3S. The monoisotopic (exact) mass is 409 g/mol. The molecule has 29 heavy (non-hydrogen) atoms. The van der Waals surface area contributed by atoms with E-state index in [0.717, 1.165) is 5.56 Å². The summed E-state index contributed by atoms with van der Waals surface area (Å²) in [6, 6.07) is 18.6. The molecule has 1 amide bonds. The highest BCUT2D eigenvalue weighted by Crippen LogP contribution is 2.24. The van der Waals surface area contributed by atoms with Crippen LogP contribution in [0.1, 0.15) is 18.2 Å². The molecule has 0 aliphatic rings. The number of para-hydroxylation sites is 2. The van der Waals surface area contributed by atoms with Crippen molar-refractivity contribution in [1.82, 2.24) is 9.55 Å². The molecule has 0 unspecified atom stereocenters. The number of carbonyl (C=O) groups is 1.